The summed E-state index contributed by atoms with van der Waals surface area (Å²) in [6.07, 6.45) is 0.537. The van der Waals surface area contributed by atoms with Crippen LogP contribution >= 0.6 is 0 Å². The molecule has 2 heterocycles. The lowest BCUT2D eigenvalue weighted by molar-refractivity contribution is -0.136. The Labute approximate surface area is 182 Å². The lowest BCUT2D eigenvalue weighted by Gasteiger charge is -2.29. The molecule has 31 heavy (non-hydrogen) atoms. The molecule has 2 aliphatic rings. The minimum absolute atomic E-state index is 0.217. The van der Waals surface area contributed by atoms with Gasteiger partial charge in [0, 0.05) is 17.5 Å². The second-order valence-electron chi connectivity index (χ2n) is 7.68. The zero-order valence-corrected chi connectivity index (χ0v) is 18.1. The molecule has 0 radical (unpaired) electrons. The summed E-state index contributed by atoms with van der Waals surface area (Å²) in [5.74, 6) is -0.392. The fourth-order valence-corrected chi connectivity index (χ4v) is 4.56. The molecule has 1 fully saturated rings. The summed E-state index contributed by atoms with van der Waals surface area (Å²) in [5, 5.41) is 2.31. The number of nitrogens with one attached hydrogen (secondary N) is 1. The molecule has 2 unspecified atom stereocenters. The molecule has 0 aliphatic carbocycles. The Morgan fingerprint density at radius 2 is 1.87 bits per heavy atom. The number of amides is 3. The summed E-state index contributed by atoms with van der Waals surface area (Å²) in [4.78, 5) is 38.7. The minimum Gasteiger partial charge on any atom is -0.489 e. The first-order chi connectivity index (χ1) is 14.8. The topological polar surface area (TPSA) is 96.0 Å². The number of fused-ring (bicyclic) bond motifs is 1. The van der Waals surface area contributed by atoms with Crippen LogP contribution in [0.2, 0.25) is 0 Å². The third-order valence-electron chi connectivity index (χ3n) is 5.39. The van der Waals surface area contributed by atoms with Crippen molar-refractivity contribution in [1.82, 2.24) is 14.5 Å². The Morgan fingerprint density at radius 3 is 2.55 bits per heavy atom. The number of rotatable bonds is 6. The Hall–Kier alpha value is -3.04. The number of carbonyl (C=O) groups excluding carboxylic acids is 3. The molecule has 1 saturated heterocycles. The fourth-order valence-electron chi connectivity index (χ4n) is 3.77. The second kappa shape index (κ2) is 8.60. The van der Waals surface area contributed by atoms with Gasteiger partial charge in [0.25, 0.3) is 5.91 Å². The van der Waals surface area contributed by atoms with E-state index in [0.29, 0.717) is 22.6 Å². The number of imide groups is 1. The molecule has 2 aromatic rings. The van der Waals surface area contributed by atoms with E-state index in [-0.39, 0.29) is 31.4 Å². The van der Waals surface area contributed by atoms with E-state index < -0.39 is 22.9 Å². The normalized spacial score (nSPS) is 19.4. The molecule has 3 amide bonds. The highest BCUT2D eigenvalue weighted by Crippen LogP contribution is 2.34. The van der Waals surface area contributed by atoms with E-state index in [1.807, 2.05) is 12.1 Å². The molecule has 0 spiro atoms. The number of nitrogens with zero attached hydrogens (tertiary/aromatic N) is 2. The Bertz CT molecular complexity index is 1070. The minimum atomic E-state index is -1.20. The number of piperidine rings is 1. The smallest absolute Gasteiger partial charge is 0.255 e. The molecule has 4 rings (SSSR count). The lowest BCUT2D eigenvalue weighted by atomic mass is 10.0. The van der Waals surface area contributed by atoms with Crippen LogP contribution in [0.4, 0.5) is 0 Å². The molecule has 2 aromatic carbocycles. The number of ether oxygens (including phenoxy) is 1. The van der Waals surface area contributed by atoms with Crippen molar-refractivity contribution in [3.8, 4) is 5.75 Å². The van der Waals surface area contributed by atoms with E-state index in [1.54, 1.807) is 48.7 Å². The standard InChI is InChI=1S/C22H23N3O5S/c1-24(2)31(29)15-8-6-14(7-9-15)13-30-19-5-3-4-16-17(19)12-25(22(16)28)18-10-11-20(26)23-21(18)27/h3-9,18H,10-13H2,1-2H3,(H,23,26,27). The molecule has 8 nitrogen and oxygen atoms in total. The van der Waals surface area contributed by atoms with Crippen LogP contribution in [-0.4, -0.2) is 51.3 Å². The molecule has 162 valence electrons. The van der Waals surface area contributed by atoms with E-state index in [2.05, 4.69) is 5.32 Å². The Balaban J connectivity index is 1.47. The molecule has 2 atom stereocenters. The molecule has 0 aromatic heterocycles. The number of carbonyl (C=O) groups is 3. The third kappa shape index (κ3) is 4.24. The first kappa shape index (κ1) is 21.2. The van der Waals surface area contributed by atoms with Crippen LogP contribution in [0.5, 0.6) is 5.75 Å². The van der Waals surface area contributed by atoms with Gasteiger partial charge in [0.2, 0.25) is 11.8 Å². The van der Waals surface area contributed by atoms with Gasteiger partial charge in [-0.05, 0) is 50.3 Å². The maximum atomic E-state index is 12.9. The highest BCUT2D eigenvalue weighted by molar-refractivity contribution is 7.82. The average molecular weight is 442 g/mol. The Morgan fingerprint density at radius 1 is 1.13 bits per heavy atom. The van der Waals surface area contributed by atoms with Gasteiger partial charge in [0.1, 0.15) is 29.4 Å². The summed E-state index contributed by atoms with van der Waals surface area (Å²) in [5.41, 5.74) is 2.16. The highest BCUT2D eigenvalue weighted by atomic mass is 32.2. The van der Waals surface area contributed by atoms with Crippen molar-refractivity contribution in [2.45, 2.75) is 36.9 Å². The molecular weight excluding hydrogens is 418 g/mol. The van der Waals surface area contributed by atoms with Crippen LogP contribution in [0.1, 0.15) is 34.3 Å². The number of hydrogen-bond acceptors (Lipinski definition) is 5. The van der Waals surface area contributed by atoms with Gasteiger partial charge in [-0.1, -0.05) is 18.2 Å². The van der Waals surface area contributed by atoms with Crippen LogP contribution < -0.4 is 10.1 Å². The van der Waals surface area contributed by atoms with Crippen LogP contribution in [-0.2, 0) is 33.7 Å². The van der Waals surface area contributed by atoms with Gasteiger partial charge >= 0.3 is 0 Å². The highest BCUT2D eigenvalue weighted by Gasteiger charge is 2.40. The largest absolute Gasteiger partial charge is 0.489 e. The zero-order chi connectivity index (χ0) is 22.1. The van der Waals surface area contributed by atoms with Crippen molar-refractivity contribution in [3.63, 3.8) is 0 Å². The summed E-state index contributed by atoms with van der Waals surface area (Å²) in [6, 6.07) is 12.0. The van der Waals surface area contributed by atoms with Gasteiger partial charge in [-0.3, -0.25) is 19.7 Å². The van der Waals surface area contributed by atoms with E-state index in [9.17, 15) is 18.6 Å². The quantitative estimate of drug-likeness (QED) is 0.687. The van der Waals surface area contributed by atoms with Crippen LogP contribution in [0.25, 0.3) is 0 Å². The average Bonchev–Trinajstić information content (AvgIpc) is 3.09. The monoisotopic (exact) mass is 441 g/mol. The van der Waals surface area contributed by atoms with Gasteiger partial charge in [0.05, 0.1) is 11.4 Å². The molecule has 0 saturated carbocycles. The first-order valence-corrected chi connectivity index (χ1v) is 11.0. The van der Waals surface area contributed by atoms with E-state index in [4.69, 9.17) is 4.74 Å². The zero-order valence-electron chi connectivity index (χ0n) is 17.3. The summed E-state index contributed by atoms with van der Waals surface area (Å²) < 4.78 is 19.7. The summed E-state index contributed by atoms with van der Waals surface area (Å²) in [6.45, 7) is 0.551. The first-order valence-electron chi connectivity index (χ1n) is 9.92. The second-order valence-corrected chi connectivity index (χ2v) is 9.38. The maximum absolute atomic E-state index is 12.9. The van der Waals surface area contributed by atoms with E-state index in [1.165, 1.54) is 4.90 Å². The van der Waals surface area contributed by atoms with Gasteiger partial charge in [-0.2, -0.15) is 0 Å². The maximum Gasteiger partial charge on any atom is 0.255 e. The van der Waals surface area contributed by atoms with Crippen molar-refractivity contribution >= 4 is 28.7 Å². The van der Waals surface area contributed by atoms with Crippen molar-refractivity contribution in [2.24, 2.45) is 0 Å². The lowest BCUT2D eigenvalue weighted by Crippen LogP contribution is -2.52. The van der Waals surface area contributed by atoms with E-state index >= 15 is 0 Å². The molecular formula is C22H23N3O5S. The van der Waals surface area contributed by atoms with Gasteiger partial charge < -0.3 is 9.64 Å². The van der Waals surface area contributed by atoms with Gasteiger partial charge in [-0.15, -0.1) is 0 Å². The van der Waals surface area contributed by atoms with Gasteiger partial charge in [0.15, 0.2) is 0 Å². The van der Waals surface area contributed by atoms with E-state index in [0.717, 1.165) is 11.1 Å². The van der Waals surface area contributed by atoms with Crippen LogP contribution in [0, 0.1) is 0 Å². The molecule has 0 bridgehead atoms. The predicted octanol–water partition coefficient (Wildman–Crippen LogP) is 1.61. The van der Waals surface area contributed by atoms with Crippen molar-refractivity contribution in [1.29, 1.82) is 0 Å². The number of hydrogen-bond donors (Lipinski definition) is 1. The van der Waals surface area contributed by atoms with Crippen molar-refractivity contribution in [2.75, 3.05) is 14.1 Å². The summed E-state index contributed by atoms with van der Waals surface area (Å²) in [7, 11) is 2.30. The van der Waals surface area contributed by atoms with Gasteiger partial charge in [-0.25, -0.2) is 8.51 Å². The van der Waals surface area contributed by atoms with Crippen molar-refractivity contribution < 1.29 is 23.3 Å². The van der Waals surface area contributed by atoms with Crippen LogP contribution in [0.3, 0.4) is 0 Å². The number of benzene rings is 2. The SMILES string of the molecule is CN(C)S(=O)c1ccc(COc2cccc3c2CN(C2CCC(=O)NC2=O)C3=O)cc1. The van der Waals surface area contributed by atoms with Crippen molar-refractivity contribution in [3.05, 3.63) is 59.2 Å². The van der Waals surface area contributed by atoms with Crippen LogP contribution in [0.15, 0.2) is 47.4 Å². The Kier molecular flexibility index (Phi) is 5.88. The third-order valence-corrected chi connectivity index (χ3v) is 6.73. The predicted molar refractivity (Wildman–Crippen MR) is 113 cm³/mol. The molecule has 1 N–H and O–H groups in total. The molecule has 9 heteroatoms. The fraction of sp³-hybridized carbons (Fsp3) is 0.318. The molecule has 2 aliphatic heterocycles. The summed E-state index contributed by atoms with van der Waals surface area (Å²) >= 11 is 0.